The number of hydrogen-bond acceptors (Lipinski definition) is 4. The van der Waals surface area contributed by atoms with Crippen molar-refractivity contribution >= 4 is 32.7 Å². The minimum atomic E-state index is 0.491. The van der Waals surface area contributed by atoms with E-state index >= 15 is 0 Å². The molecule has 0 unspecified atom stereocenters. The maximum absolute atomic E-state index is 6.00. The van der Waals surface area contributed by atoms with Crippen LogP contribution in [-0.4, -0.2) is 15.0 Å². The Morgan fingerprint density at radius 2 is 2.05 bits per heavy atom. The largest absolute Gasteiger partial charge is 0.383 e. The Morgan fingerprint density at radius 3 is 2.79 bits per heavy atom. The van der Waals surface area contributed by atoms with E-state index in [4.69, 9.17) is 5.73 Å². The second-order valence-corrected chi connectivity index (χ2v) is 4.72. The van der Waals surface area contributed by atoms with Crippen LogP contribution in [0.5, 0.6) is 0 Å². The molecule has 2 aromatic heterocycles. The molecule has 0 saturated carbocycles. The zero-order chi connectivity index (χ0) is 13.2. The highest BCUT2D eigenvalue weighted by Crippen LogP contribution is 2.24. The molecule has 4 nitrogen and oxygen atoms in total. The molecule has 0 aliphatic rings. The summed E-state index contributed by atoms with van der Waals surface area (Å²) in [6.07, 6.45) is 3.45. The first-order chi connectivity index (χ1) is 9.28. The Bertz CT molecular complexity index is 728. The predicted molar refractivity (Wildman–Crippen MR) is 79.8 cm³/mol. The molecule has 0 radical (unpaired) electrons. The zero-order valence-corrected chi connectivity index (χ0v) is 11.6. The van der Waals surface area contributed by atoms with Crippen LogP contribution in [0, 0.1) is 0 Å². The lowest BCUT2D eigenvalue weighted by Gasteiger charge is -2.06. The number of hydrogen-bond donors (Lipinski definition) is 1. The summed E-state index contributed by atoms with van der Waals surface area (Å²) in [5, 5.41) is 1.66. The van der Waals surface area contributed by atoms with Crippen LogP contribution in [-0.2, 0) is 5.33 Å². The number of benzene rings is 1. The zero-order valence-electron chi connectivity index (χ0n) is 10.0. The molecule has 1 aromatic carbocycles. The van der Waals surface area contributed by atoms with Crippen LogP contribution in [0.3, 0.4) is 0 Å². The monoisotopic (exact) mass is 314 g/mol. The summed E-state index contributed by atoms with van der Waals surface area (Å²) in [6.45, 7) is 0. The van der Waals surface area contributed by atoms with Crippen molar-refractivity contribution in [2.45, 2.75) is 5.33 Å². The van der Waals surface area contributed by atoms with Gasteiger partial charge in [0, 0.05) is 28.7 Å². The molecule has 0 aliphatic heterocycles. The SMILES string of the molecule is Nc1nc(-c2cccnc2)nc2cc(CBr)ccc12. The quantitative estimate of drug-likeness (QED) is 0.738. The first-order valence-corrected chi connectivity index (χ1v) is 6.92. The van der Waals surface area contributed by atoms with E-state index in [0.29, 0.717) is 11.6 Å². The average molecular weight is 315 g/mol. The lowest BCUT2D eigenvalue weighted by molar-refractivity contribution is 1.21. The molecule has 0 fully saturated rings. The summed E-state index contributed by atoms with van der Waals surface area (Å²) in [6, 6.07) is 9.76. The summed E-state index contributed by atoms with van der Waals surface area (Å²) in [4.78, 5) is 13.0. The number of nitrogen functional groups attached to an aromatic ring is 1. The van der Waals surface area contributed by atoms with Crippen molar-refractivity contribution in [3.63, 3.8) is 0 Å². The fourth-order valence-electron chi connectivity index (χ4n) is 1.91. The third kappa shape index (κ3) is 2.29. The summed E-state index contributed by atoms with van der Waals surface area (Å²) < 4.78 is 0. The molecule has 0 spiro atoms. The number of halogens is 1. The molecule has 2 heterocycles. The fourth-order valence-corrected chi connectivity index (χ4v) is 2.26. The van der Waals surface area contributed by atoms with E-state index in [2.05, 4.69) is 30.9 Å². The van der Waals surface area contributed by atoms with Gasteiger partial charge in [-0.05, 0) is 29.8 Å². The van der Waals surface area contributed by atoms with E-state index in [1.807, 2.05) is 30.3 Å². The molecule has 3 aromatic rings. The second kappa shape index (κ2) is 4.93. The van der Waals surface area contributed by atoms with Gasteiger partial charge in [-0.1, -0.05) is 22.0 Å². The average Bonchev–Trinajstić information content (AvgIpc) is 2.47. The van der Waals surface area contributed by atoms with Gasteiger partial charge in [-0.2, -0.15) is 0 Å². The standard InChI is InChI=1S/C14H11BrN4/c15-7-9-3-4-11-12(6-9)18-14(19-13(11)16)10-2-1-5-17-8-10/h1-6,8H,7H2,(H2,16,18,19). The molecule has 94 valence electrons. The first-order valence-electron chi connectivity index (χ1n) is 5.80. The molecule has 2 N–H and O–H groups in total. The van der Waals surface area contributed by atoms with Gasteiger partial charge in [-0.3, -0.25) is 4.98 Å². The van der Waals surface area contributed by atoms with Crippen molar-refractivity contribution in [2.24, 2.45) is 0 Å². The number of aromatic nitrogens is 3. The van der Waals surface area contributed by atoms with E-state index in [1.165, 1.54) is 0 Å². The summed E-state index contributed by atoms with van der Waals surface area (Å²) in [7, 11) is 0. The Balaban J connectivity index is 2.23. The van der Waals surface area contributed by atoms with Gasteiger partial charge in [0.05, 0.1) is 5.52 Å². The Kier molecular flexibility index (Phi) is 3.13. The Hall–Kier alpha value is -2.01. The lowest BCUT2D eigenvalue weighted by Crippen LogP contribution is -1.98. The van der Waals surface area contributed by atoms with Gasteiger partial charge in [0.2, 0.25) is 0 Å². The van der Waals surface area contributed by atoms with Crippen LogP contribution in [0.4, 0.5) is 5.82 Å². The van der Waals surface area contributed by atoms with Gasteiger partial charge in [0.15, 0.2) is 5.82 Å². The Labute approximate surface area is 118 Å². The summed E-state index contributed by atoms with van der Waals surface area (Å²) in [5.74, 6) is 1.09. The molecule has 0 aliphatic carbocycles. The van der Waals surface area contributed by atoms with E-state index in [-0.39, 0.29) is 0 Å². The Morgan fingerprint density at radius 1 is 1.16 bits per heavy atom. The van der Waals surface area contributed by atoms with Gasteiger partial charge in [-0.15, -0.1) is 0 Å². The summed E-state index contributed by atoms with van der Waals surface area (Å²) in [5.41, 5.74) is 8.87. The van der Waals surface area contributed by atoms with E-state index in [0.717, 1.165) is 27.4 Å². The number of nitrogens with two attached hydrogens (primary N) is 1. The third-order valence-electron chi connectivity index (χ3n) is 2.86. The molecular formula is C14H11BrN4. The maximum Gasteiger partial charge on any atom is 0.163 e. The number of alkyl halides is 1. The van der Waals surface area contributed by atoms with Crippen LogP contribution in [0.25, 0.3) is 22.3 Å². The minimum absolute atomic E-state index is 0.491. The predicted octanol–water partition coefficient (Wildman–Crippen LogP) is 3.17. The highest BCUT2D eigenvalue weighted by atomic mass is 79.9. The van der Waals surface area contributed by atoms with Crippen LogP contribution < -0.4 is 5.73 Å². The molecular weight excluding hydrogens is 304 g/mol. The van der Waals surface area contributed by atoms with Crippen molar-refractivity contribution in [1.29, 1.82) is 0 Å². The van der Waals surface area contributed by atoms with E-state index in [1.54, 1.807) is 12.4 Å². The first kappa shape index (κ1) is 12.0. The fraction of sp³-hybridized carbons (Fsp3) is 0.0714. The smallest absolute Gasteiger partial charge is 0.163 e. The van der Waals surface area contributed by atoms with E-state index < -0.39 is 0 Å². The van der Waals surface area contributed by atoms with Crippen molar-refractivity contribution in [1.82, 2.24) is 15.0 Å². The van der Waals surface area contributed by atoms with Gasteiger partial charge in [0.1, 0.15) is 5.82 Å². The lowest BCUT2D eigenvalue weighted by atomic mass is 10.1. The number of nitrogens with zero attached hydrogens (tertiary/aromatic N) is 3. The topological polar surface area (TPSA) is 64.7 Å². The van der Waals surface area contributed by atoms with Gasteiger partial charge in [-0.25, -0.2) is 9.97 Å². The van der Waals surface area contributed by atoms with Crippen molar-refractivity contribution in [2.75, 3.05) is 5.73 Å². The third-order valence-corrected chi connectivity index (χ3v) is 3.51. The van der Waals surface area contributed by atoms with Crippen molar-refractivity contribution in [3.8, 4) is 11.4 Å². The minimum Gasteiger partial charge on any atom is -0.383 e. The normalized spacial score (nSPS) is 10.8. The molecule has 0 atom stereocenters. The van der Waals surface area contributed by atoms with Crippen LogP contribution in [0.1, 0.15) is 5.56 Å². The highest BCUT2D eigenvalue weighted by Gasteiger charge is 2.07. The van der Waals surface area contributed by atoms with Gasteiger partial charge in [0.25, 0.3) is 0 Å². The van der Waals surface area contributed by atoms with Gasteiger partial charge < -0.3 is 5.73 Å². The molecule has 0 saturated heterocycles. The van der Waals surface area contributed by atoms with Crippen molar-refractivity contribution in [3.05, 3.63) is 48.3 Å². The second-order valence-electron chi connectivity index (χ2n) is 4.16. The van der Waals surface area contributed by atoms with Gasteiger partial charge >= 0.3 is 0 Å². The van der Waals surface area contributed by atoms with Crippen LogP contribution in [0.2, 0.25) is 0 Å². The van der Waals surface area contributed by atoms with Crippen LogP contribution in [0.15, 0.2) is 42.7 Å². The number of rotatable bonds is 2. The molecule has 0 bridgehead atoms. The van der Waals surface area contributed by atoms with Crippen LogP contribution >= 0.6 is 15.9 Å². The van der Waals surface area contributed by atoms with E-state index in [9.17, 15) is 0 Å². The number of fused-ring (bicyclic) bond motifs is 1. The molecule has 5 heteroatoms. The molecule has 19 heavy (non-hydrogen) atoms. The number of anilines is 1. The maximum atomic E-state index is 6.00. The summed E-state index contributed by atoms with van der Waals surface area (Å²) >= 11 is 3.44. The van der Waals surface area contributed by atoms with Crippen molar-refractivity contribution < 1.29 is 0 Å². The number of pyridine rings is 1. The highest BCUT2D eigenvalue weighted by molar-refractivity contribution is 9.08. The molecule has 3 rings (SSSR count). The molecule has 0 amide bonds.